The Bertz CT molecular complexity index is 507. The second-order valence-electron chi connectivity index (χ2n) is 4.68. The molecule has 1 unspecified atom stereocenters. The number of ether oxygens (including phenoxy) is 2. The van der Waals surface area contributed by atoms with Crippen LogP contribution in [-0.4, -0.2) is 25.3 Å². The third kappa shape index (κ3) is 3.19. The lowest BCUT2D eigenvalue weighted by atomic mass is 10.2. The zero-order valence-corrected chi connectivity index (χ0v) is 13.2. The van der Waals surface area contributed by atoms with Crippen LogP contribution < -0.4 is 20.1 Å². The molecule has 1 aromatic rings. The Morgan fingerprint density at radius 1 is 1.45 bits per heavy atom. The van der Waals surface area contributed by atoms with Crippen molar-refractivity contribution < 1.29 is 14.3 Å². The molecule has 7 heteroatoms. The molecule has 0 radical (unpaired) electrons. The van der Waals surface area contributed by atoms with Crippen LogP contribution in [0, 0.1) is 0 Å². The van der Waals surface area contributed by atoms with Gasteiger partial charge in [-0.1, -0.05) is 0 Å². The fourth-order valence-electron chi connectivity index (χ4n) is 2.34. The maximum Gasteiger partial charge on any atom is 0.237 e. The van der Waals surface area contributed by atoms with E-state index in [9.17, 15) is 4.79 Å². The summed E-state index contributed by atoms with van der Waals surface area (Å²) in [6.45, 7) is 1.66. The highest BCUT2D eigenvalue weighted by Gasteiger charge is 2.22. The maximum absolute atomic E-state index is 11.9. The molecule has 110 valence electrons. The first-order chi connectivity index (χ1) is 9.24. The highest BCUT2D eigenvalue weighted by Crippen LogP contribution is 2.39. The normalized spacial score (nSPS) is 19.6. The standard InChI is InChI=1S/C13H15BrN2O3.ClH/c14-9-4-8(5-11-12(9)19-7-18-11)6-16-13(17)10-2-1-3-15-10;/h4-5,10,15H,1-3,6-7H2,(H,16,17);1H. The van der Waals surface area contributed by atoms with E-state index in [1.54, 1.807) is 0 Å². The monoisotopic (exact) mass is 362 g/mol. The van der Waals surface area contributed by atoms with Crippen LogP contribution in [0.5, 0.6) is 11.5 Å². The third-order valence-electron chi connectivity index (χ3n) is 3.33. The minimum Gasteiger partial charge on any atom is -0.454 e. The van der Waals surface area contributed by atoms with Crippen molar-refractivity contribution in [1.82, 2.24) is 10.6 Å². The Kier molecular flexibility index (Phi) is 5.12. The minimum atomic E-state index is -0.0440. The van der Waals surface area contributed by atoms with Crippen molar-refractivity contribution in [3.05, 3.63) is 22.2 Å². The van der Waals surface area contributed by atoms with Crippen molar-refractivity contribution in [2.45, 2.75) is 25.4 Å². The number of benzene rings is 1. The molecule has 1 amide bonds. The molecule has 5 nitrogen and oxygen atoms in total. The van der Waals surface area contributed by atoms with Gasteiger partial charge in [-0.3, -0.25) is 4.79 Å². The van der Waals surface area contributed by atoms with Crippen molar-refractivity contribution in [2.75, 3.05) is 13.3 Å². The second-order valence-corrected chi connectivity index (χ2v) is 5.53. The number of hydrogen-bond donors (Lipinski definition) is 2. The molecule has 0 spiro atoms. The molecule has 2 aliphatic rings. The van der Waals surface area contributed by atoms with Gasteiger partial charge in [0.2, 0.25) is 12.7 Å². The molecule has 0 saturated carbocycles. The van der Waals surface area contributed by atoms with E-state index in [-0.39, 0.29) is 31.1 Å². The van der Waals surface area contributed by atoms with E-state index < -0.39 is 0 Å². The van der Waals surface area contributed by atoms with Crippen LogP contribution in [0.3, 0.4) is 0 Å². The topological polar surface area (TPSA) is 59.6 Å². The fraction of sp³-hybridized carbons (Fsp3) is 0.462. The number of fused-ring (bicyclic) bond motifs is 1. The van der Waals surface area contributed by atoms with Gasteiger partial charge in [-0.2, -0.15) is 0 Å². The molecular weight excluding hydrogens is 348 g/mol. The van der Waals surface area contributed by atoms with Gasteiger partial charge in [0.25, 0.3) is 0 Å². The number of hydrogen-bond acceptors (Lipinski definition) is 4. The van der Waals surface area contributed by atoms with E-state index >= 15 is 0 Å². The average molecular weight is 364 g/mol. The predicted octanol–water partition coefficient (Wildman–Crippen LogP) is 1.97. The molecule has 1 fully saturated rings. The van der Waals surface area contributed by atoms with Crippen molar-refractivity contribution in [3.8, 4) is 11.5 Å². The van der Waals surface area contributed by atoms with Gasteiger partial charge < -0.3 is 20.1 Å². The van der Waals surface area contributed by atoms with Gasteiger partial charge in [-0.25, -0.2) is 0 Å². The lowest BCUT2D eigenvalue weighted by Gasteiger charge is -2.11. The van der Waals surface area contributed by atoms with Gasteiger partial charge in [0.1, 0.15) is 0 Å². The van der Waals surface area contributed by atoms with Gasteiger partial charge in [-0.15, -0.1) is 12.4 Å². The van der Waals surface area contributed by atoms with Crippen LogP contribution in [0.1, 0.15) is 18.4 Å². The van der Waals surface area contributed by atoms with E-state index in [0.29, 0.717) is 6.54 Å². The number of amides is 1. The summed E-state index contributed by atoms with van der Waals surface area (Å²) in [7, 11) is 0. The summed E-state index contributed by atoms with van der Waals surface area (Å²) in [4.78, 5) is 11.9. The summed E-state index contributed by atoms with van der Waals surface area (Å²) in [5.41, 5.74) is 0.988. The number of carbonyl (C=O) groups is 1. The minimum absolute atomic E-state index is 0. The zero-order valence-electron chi connectivity index (χ0n) is 10.8. The van der Waals surface area contributed by atoms with Crippen molar-refractivity contribution in [1.29, 1.82) is 0 Å². The Hall–Kier alpha value is -0.980. The molecular formula is C13H16BrClN2O3. The second kappa shape index (κ2) is 6.65. The summed E-state index contributed by atoms with van der Waals surface area (Å²) in [6, 6.07) is 3.79. The molecule has 3 rings (SSSR count). The first kappa shape index (κ1) is 15.4. The molecule has 0 bridgehead atoms. The predicted molar refractivity (Wildman–Crippen MR) is 80.4 cm³/mol. The summed E-state index contributed by atoms with van der Waals surface area (Å²) in [5, 5.41) is 6.12. The molecule has 20 heavy (non-hydrogen) atoms. The van der Waals surface area contributed by atoms with E-state index in [1.165, 1.54) is 0 Å². The van der Waals surface area contributed by atoms with Gasteiger partial charge in [0.05, 0.1) is 10.5 Å². The van der Waals surface area contributed by atoms with E-state index in [1.807, 2.05) is 12.1 Å². The van der Waals surface area contributed by atoms with Crippen molar-refractivity contribution in [2.24, 2.45) is 0 Å². The Balaban J connectivity index is 0.00000147. The number of carbonyl (C=O) groups excluding carboxylic acids is 1. The molecule has 1 atom stereocenters. The number of rotatable bonds is 3. The molecule has 1 saturated heterocycles. The summed E-state index contributed by atoms with van der Waals surface area (Å²) < 4.78 is 11.5. The fourth-order valence-corrected chi connectivity index (χ4v) is 2.95. The lowest BCUT2D eigenvalue weighted by molar-refractivity contribution is -0.122. The summed E-state index contributed by atoms with van der Waals surface area (Å²) >= 11 is 3.44. The van der Waals surface area contributed by atoms with Gasteiger partial charge >= 0.3 is 0 Å². The molecule has 1 aromatic carbocycles. The van der Waals surface area contributed by atoms with Crippen LogP contribution in [0.2, 0.25) is 0 Å². The Morgan fingerprint density at radius 3 is 3.05 bits per heavy atom. The zero-order chi connectivity index (χ0) is 13.2. The Labute approximate surface area is 131 Å². The van der Waals surface area contributed by atoms with Crippen LogP contribution in [0.15, 0.2) is 16.6 Å². The van der Waals surface area contributed by atoms with E-state index in [0.717, 1.165) is 40.9 Å². The van der Waals surface area contributed by atoms with Crippen LogP contribution in [0.25, 0.3) is 0 Å². The van der Waals surface area contributed by atoms with Gasteiger partial charge in [0.15, 0.2) is 11.5 Å². The maximum atomic E-state index is 11.9. The smallest absolute Gasteiger partial charge is 0.237 e. The molecule has 2 aliphatic heterocycles. The first-order valence-corrected chi connectivity index (χ1v) is 7.12. The van der Waals surface area contributed by atoms with E-state index in [4.69, 9.17) is 9.47 Å². The number of halogens is 2. The Morgan fingerprint density at radius 2 is 2.30 bits per heavy atom. The van der Waals surface area contributed by atoms with E-state index in [2.05, 4.69) is 26.6 Å². The highest BCUT2D eigenvalue weighted by atomic mass is 79.9. The average Bonchev–Trinajstić information content (AvgIpc) is 3.06. The van der Waals surface area contributed by atoms with Crippen molar-refractivity contribution in [3.63, 3.8) is 0 Å². The van der Waals surface area contributed by atoms with Crippen LogP contribution in [-0.2, 0) is 11.3 Å². The van der Waals surface area contributed by atoms with Crippen LogP contribution >= 0.6 is 28.3 Å². The first-order valence-electron chi connectivity index (χ1n) is 6.33. The summed E-state index contributed by atoms with van der Waals surface area (Å²) in [6.07, 6.45) is 1.98. The third-order valence-corrected chi connectivity index (χ3v) is 3.92. The van der Waals surface area contributed by atoms with Crippen LogP contribution in [0.4, 0.5) is 0 Å². The molecule has 0 aromatic heterocycles. The largest absolute Gasteiger partial charge is 0.454 e. The SMILES string of the molecule is Cl.O=C(NCc1cc(Br)c2c(c1)OCO2)C1CCCN1. The molecule has 2 N–H and O–H groups in total. The highest BCUT2D eigenvalue weighted by molar-refractivity contribution is 9.10. The van der Waals surface area contributed by atoms with Crippen molar-refractivity contribution >= 4 is 34.2 Å². The summed E-state index contributed by atoms with van der Waals surface area (Å²) in [5.74, 6) is 1.51. The van der Waals surface area contributed by atoms with Gasteiger partial charge in [0, 0.05) is 6.54 Å². The quantitative estimate of drug-likeness (QED) is 0.862. The lowest BCUT2D eigenvalue weighted by Crippen LogP contribution is -2.39. The van der Waals surface area contributed by atoms with Gasteiger partial charge in [-0.05, 0) is 53.0 Å². The molecule has 2 heterocycles. The molecule has 0 aliphatic carbocycles. The number of nitrogens with one attached hydrogen (secondary N) is 2.